The lowest BCUT2D eigenvalue weighted by molar-refractivity contribution is 0.257. The maximum atomic E-state index is 6.04. The predicted octanol–water partition coefficient (Wildman–Crippen LogP) is 4.67. The summed E-state index contributed by atoms with van der Waals surface area (Å²) >= 11 is 0. The topological polar surface area (TPSA) is 34.4 Å². The number of furan rings is 1. The van der Waals surface area contributed by atoms with Crippen LogP contribution in [0.5, 0.6) is 5.75 Å². The Bertz CT molecular complexity index is 629. The van der Waals surface area contributed by atoms with Crippen molar-refractivity contribution in [3.05, 3.63) is 30.0 Å². The highest BCUT2D eigenvalue weighted by molar-refractivity contribution is 5.83. The minimum atomic E-state index is 0.212. The SMILES string of the molecule is COc1cccc2cc(C(C)NC3CCCC3(C)C)oc12. The molecule has 1 aromatic heterocycles. The van der Waals surface area contributed by atoms with E-state index >= 15 is 0 Å². The van der Waals surface area contributed by atoms with Crippen molar-refractivity contribution < 1.29 is 9.15 Å². The van der Waals surface area contributed by atoms with E-state index in [-0.39, 0.29) is 6.04 Å². The Balaban J connectivity index is 1.83. The van der Waals surface area contributed by atoms with E-state index in [2.05, 4.69) is 38.2 Å². The number of para-hydroxylation sites is 1. The standard InChI is InChI=1S/C18H25NO2/c1-12(19-16-9-6-10-18(16,2)3)15-11-13-7-5-8-14(20-4)17(13)21-15/h5,7-8,11-12,16,19H,6,9-10H2,1-4H3. The van der Waals surface area contributed by atoms with Crippen molar-refractivity contribution in [3.8, 4) is 5.75 Å². The minimum Gasteiger partial charge on any atom is -0.493 e. The molecule has 1 N–H and O–H groups in total. The highest BCUT2D eigenvalue weighted by atomic mass is 16.5. The van der Waals surface area contributed by atoms with Crippen molar-refractivity contribution in [2.24, 2.45) is 5.41 Å². The minimum absolute atomic E-state index is 0.212. The molecule has 3 heteroatoms. The Kier molecular flexibility index (Phi) is 3.70. The monoisotopic (exact) mass is 287 g/mol. The lowest BCUT2D eigenvalue weighted by Gasteiger charge is -2.30. The molecule has 2 aromatic rings. The molecule has 1 aliphatic rings. The van der Waals surface area contributed by atoms with Crippen LogP contribution < -0.4 is 10.1 Å². The van der Waals surface area contributed by atoms with Gasteiger partial charge in [0.2, 0.25) is 0 Å². The van der Waals surface area contributed by atoms with E-state index in [4.69, 9.17) is 9.15 Å². The molecule has 0 aliphatic heterocycles. The largest absolute Gasteiger partial charge is 0.493 e. The Hall–Kier alpha value is -1.48. The molecule has 1 saturated carbocycles. The Morgan fingerprint density at radius 3 is 2.86 bits per heavy atom. The number of hydrogen-bond donors (Lipinski definition) is 1. The van der Waals surface area contributed by atoms with Crippen molar-refractivity contribution in [1.82, 2.24) is 5.32 Å². The smallest absolute Gasteiger partial charge is 0.176 e. The van der Waals surface area contributed by atoms with Crippen molar-refractivity contribution in [2.45, 2.75) is 52.1 Å². The molecule has 3 rings (SSSR count). The van der Waals surface area contributed by atoms with Crippen LogP contribution in [0.3, 0.4) is 0 Å². The molecule has 0 radical (unpaired) electrons. The van der Waals surface area contributed by atoms with Gasteiger partial charge in [-0.1, -0.05) is 32.4 Å². The Labute approximate surface area is 126 Å². The van der Waals surface area contributed by atoms with Gasteiger partial charge < -0.3 is 14.5 Å². The zero-order valence-electron chi connectivity index (χ0n) is 13.4. The predicted molar refractivity (Wildman–Crippen MR) is 85.7 cm³/mol. The van der Waals surface area contributed by atoms with Crippen LogP contribution in [0.1, 0.15) is 51.8 Å². The molecule has 0 amide bonds. The van der Waals surface area contributed by atoms with Crippen molar-refractivity contribution in [1.29, 1.82) is 0 Å². The van der Waals surface area contributed by atoms with E-state index in [1.165, 1.54) is 19.3 Å². The summed E-state index contributed by atoms with van der Waals surface area (Å²) in [6.45, 7) is 6.89. The summed E-state index contributed by atoms with van der Waals surface area (Å²) in [4.78, 5) is 0. The molecule has 3 nitrogen and oxygen atoms in total. The molecule has 114 valence electrons. The third kappa shape index (κ3) is 2.67. The fraction of sp³-hybridized carbons (Fsp3) is 0.556. The summed E-state index contributed by atoms with van der Waals surface area (Å²) in [5.74, 6) is 1.78. The fourth-order valence-corrected chi connectivity index (χ4v) is 3.45. The van der Waals surface area contributed by atoms with Gasteiger partial charge in [-0.3, -0.25) is 0 Å². The van der Waals surface area contributed by atoms with Crippen LogP contribution in [0.25, 0.3) is 11.0 Å². The van der Waals surface area contributed by atoms with Gasteiger partial charge in [0.1, 0.15) is 5.76 Å². The second-order valence-electron chi connectivity index (χ2n) is 6.85. The third-order valence-corrected chi connectivity index (χ3v) is 4.88. The third-order valence-electron chi connectivity index (χ3n) is 4.88. The molecule has 0 saturated heterocycles. The van der Waals surface area contributed by atoms with E-state index in [1.807, 2.05) is 12.1 Å². The first-order valence-electron chi connectivity index (χ1n) is 7.84. The number of nitrogens with one attached hydrogen (secondary N) is 1. The normalized spacial score (nSPS) is 22.6. The fourth-order valence-electron chi connectivity index (χ4n) is 3.45. The first-order chi connectivity index (χ1) is 10.0. The molecule has 1 aliphatic carbocycles. The van der Waals surface area contributed by atoms with Gasteiger partial charge in [0.05, 0.1) is 13.2 Å². The molecule has 2 atom stereocenters. The summed E-state index contributed by atoms with van der Waals surface area (Å²) in [5.41, 5.74) is 1.21. The zero-order chi connectivity index (χ0) is 15.0. The Morgan fingerprint density at radius 1 is 1.38 bits per heavy atom. The highest BCUT2D eigenvalue weighted by Gasteiger charge is 2.35. The lowest BCUT2D eigenvalue weighted by Crippen LogP contribution is -2.39. The van der Waals surface area contributed by atoms with E-state index in [9.17, 15) is 0 Å². The second kappa shape index (κ2) is 5.38. The number of rotatable bonds is 4. The van der Waals surface area contributed by atoms with Gasteiger partial charge in [0, 0.05) is 11.4 Å². The van der Waals surface area contributed by atoms with Crippen LogP contribution in [0.15, 0.2) is 28.7 Å². The van der Waals surface area contributed by atoms with Gasteiger partial charge in [0.15, 0.2) is 11.3 Å². The molecule has 1 aromatic carbocycles. The summed E-state index contributed by atoms with van der Waals surface area (Å²) in [5, 5.41) is 4.85. The van der Waals surface area contributed by atoms with E-state index < -0.39 is 0 Å². The van der Waals surface area contributed by atoms with Gasteiger partial charge in [-0.2, -0.15) is 0 Å². The van der Waals surface area contributed by atoms with Gasteiger partial charge in [-0.25, -0.2) is 0 Å². The molecule has 1 fully saturated rings. The first kappa shape index (κ1) is 14.5. The molecular formula is C18H25NO2. The molecule has 2 unspecified atom stereocenters. The van der Waals surface area contributed by atoms with Crippen LogP contribution in [0, 0.1) is 5.41 Å². The van der Waals surface area contributed by atoms with Crippen LogP contribution in [-0.4, -0.2) is 13.2 Å². The van der Waals surface area contributed by atoms with E-state index in [0.717, 1.165) is 22.5 Å². The van der Waals surface area contributed by atoms with Gasteiger partial charge >= 0.3 is 0 Å². The van der Waals surface area contributed by atoms with Crippen molar-refractivity contribution >= 4 is 11.0 Å². The van der Waals surface area contributed by atoms with Crippen molar-refractivity contribution in [2.75, 3.05) is 7.11 Å². The van der Waals surface area contributed by atoms with E-state index in [1.54, 1.807) is 7.11 Å². The quantitative estimate of drug-likeness (QED) is 0.887. The average molecular weight is 287 g/mol. The summed E-state index contributed by atoms with van der Waals surface area (Å²) in [6, 6.07) is 8.90. The van der Waals surface area contributed by atoms with Crippen LogP contribution in [-0.2, 0) is 0 Å². The number of ether oxygens (including phenoxy) is 1. The van der Waals surface area contributed by atoms with E-state index in [0.29, 0.717) is 11.5 Å². The maximum absolute atomic E-state index is 6.04. The van der Waals surface area contributed by atoms with Crippen molar-refractivity contribution in [3.63, 3.8) is 0 Å². The Morgan fingerprint density at radius 2 is 2.19 bits per heavy atom. The molecule has 21 heavy (non-hydrogen) atoms. The summed E-state index contributed by atoms with van der Waals surface area (Å²) in [7, 11) is 1.68. The van der Waals surface area contributed by atoms with Gasteiger partial charge in [-0.15, -0.1) is 0 Å². The molecule has 1 heterocycles. The molecular weight excluding hydrogens is 262 g/mol. The van der Waals surface area contributed by atoms with Crippen LogP contribution in [0.2, 0.25) is 0 Å². The number of methoxy groups -OCH3 is 1. The van der Waals surface area contributed by atoms with Gasteiger partial charge in [-0.05, 0) is 37.3 Å². The summed E-state index contributed by atoms with van der Waals surface area (Å²) in [6.07, 6.45) is 3.86. The summed E-state index contributed by atoms with van der Waals surface area (Å²) < 4.78 is 11.4. The zero-order valence-corrected chi connectivity index (χ0v) is 13.4. The van der Waals surface area contributed by atoms with Crippen LogP contribution >= 0.6 is 0 Å². The lowest BCUT2D eigenvalue weighted by atomic mass is 9.87. The number of fused-ring (bicyclic) bond motifs is 1. The molecule has 0 spiro atoms. The average Bonchev–Trinajstić information content (AvgIpc) is 3.02. The first-order valence-corrected chi connectivity index (χ1v) is 7.84. The highest BCUT2D eigenvalue weighted by Crippen LogP contribution is 2.39. The maximum Gasteiger partial charge on any atom is 0.176 e. The van der Waals surface area contributed by atoms with Crippen LogP contribution in [0.4, 0.5) is 0 Å². The molecule has 0 bridgehead atoms. The second-order valence-corrected chi connectivity index (χ2v) is 6.85. The van der Waals surface area contributed by atoms with Gasteiger partial charge in [0.25, 0.3) is 0 Å². The number of benzene rings is 1. The number of hydrogen-bond acceptors (Lipinski definition) is 3.